The van der Waals surface area contributed by atoms with E-state index in [0.29, 0.717) is 5.16 Å². The van der Waals surface area contributed by atoms with Crippen molar-refractivity contribution in [1.29, 1.82) is 0 Å². The number of benzene rings is 2. The zero-order valence-corrected chi connectivity index (χ0v) is 17.4. The Morgan fingerprint density at radius 2 is 2.03 bits per heavy atom. The fraction of sp³-hybridized carbons (Fsp3) is 0.222. The van der Waals surface area contributed by atoms with Crippen LogP contribution in [0.15, 0.2) is 41.6 Å². The van der Waals surface area contributed by atoms with Gasteiger partial charge in [0.25, 0.3) is 5.69 Å². The molecular weight excluding hydrogens is 416 g/mol. The summed E-state index contributed by atoms with van der Waals surface area (Å²) in [5.41, 5.74) is 2.95. The van der Waals surface area contributed by atoms with E-state index in [9.17, 15) is 14.9 Å². The van der Waals surface area contributed by atoms with Gasteiger partial charge in [0, 0.05) is 12.1 Å². The van der Waals surface area contributed by atoms with Crippen LogP contribution in [0.2, 0.25) is 5.02 Å². The lowest BCUT2D eigenvalue weighted by Gasteiger charge is -2.13. The van der Waals surface area contributed by atoms with Crippen molar-refractivity contribution < 1.29 is 9.72 Å². The average Bonchev–Trinajstić information content (AvgIpc) is 3.11. The number of amides is 1. The fourth-order valence-corrected chi connectivity index (χ4v) is 3.58. The number of halogens is 1. The van der Waals surface area contributed by atoms with Crippen molar-refractivity contribution in [2.75, 3.05) is 5.32 Å². The second-order valence-electron chi connectivity index (χ2n) is 6.33. The normalized spacial score (nSPS) is 11.9. The molecule has 150 valence electrons. The quantitative estimate of drug-likeness (QED) is 0.356. The molecule has 9 nitrogen and oxygen atoms in total. The number of carbonyl (C=O) groups excluding carboxylic acids is 1. The number of nitrogens with one attached hydrogen (secondary N) is 1. The Hall–Kier alpha value is -2.98. The van der Waals surface area contributed by atoms with Crippen LogP contribution in [0.4, 0.5) is 11.4 Å². The molecule has 1 heterocycles. The number of thioether (sulfide) groups is 1. The van der Waals surface area contributed by atoms with Crippen molar-refractivity contribution in [2.45, 2.75) is 31.2 Å². The lowest BCUT2D eigenvalue weighted by molar-refractivity contribution is -0.384. The molecule has 0 spiro atoms. The molecule has 11 heteroatoms. The van der Waals surface area contributed by atoms with E-state index >= 15 is 0 Å². The van der Waals surface area contributed by atoms with Gasteiger partial charge in [-0.05, 0) is 48.9 Å². The van der Waals surface area contributed by atoms with Gasteiger partial charge in [0.1, 0.15) is 0 Å². The molecule has 1 N–H and O–H groups in total. The van der Waals surface area contributed by atoms with E-state index < -0.39 is 10.2 Å². The standard InChI is InChI=1S/C18H17ClN6O3S/c1-10-4-7-16(11(2)8-10)24-18(21-22-23-24)29-12(3)17(26)20-15-9-13(25(27)28)5-6-14(15)19/h4-9,12H,1-3H3,(H,20,26). The van der Waals surface area contributed by atoms with Crippen LogP contribution in [-0.2, 0) is 4.79 Å². The Balaban J connectivity index is 1.77. The molecule has 1 atom stereocenters. The summed E-state index contributed by atoms with van der Waals surface area (Å²) >= 11 is 7.21. The maximum absolute atomic E-state index is 12.6. The van der Waals surface area contributed by atoms with Crippen LogP contribution in [0, 0.1) is 24.0 Å². The molecule has 0 bridgehead atoms. The topological polar surface area (TPSA) is 116 Å². The highest BCUT2D eigenvalue weighted by Gasteiger charge is 2.21. The van der Waals surface area contributed by atoms with Gasteiger partial charge in [0.2, 0.25) is 11.1 Å². The van der Waals surface area contributed by atoms with Crippen LogP contribution >= 0.6 is 23.4 Å². The molecule has 3 aromatic rings. The van der Waals surface area contributed by atoms with Crippen molar-refractivity contribution in [3.8, 4) is 5.69 Å². The number of anilines is 1. The second-order valence-corrected chi connectivity index (χ2v) is 8.05. The Labute approximate surface area is 175 Å². The van der Waals surface area contributed by atoms with Crippen molar-refractivity contribution in [3.63, 3.8) is 0 Å². The first-order chi connectivity index (χ1) is 13.8. The number of aromatic nitrogens is 4. The molecule has 1 aromatic heterocycles. The molecule has 0 aliphatic rings. The third-order valence-corrected chi connectivity index (χ3v) is 5.45. The van der Waals surface area contributed by atoms with Crippen LogP contribution in [0.25, 0.3) is 5.69 Å². The zero-order chi connectivity index (χ0) is 21.1. The molecule has 1 amide bonds. The number of nitrogens with zero attached hydrogens (tertiary/aromatic N) is 5. The van der Waals surface area contributed by atoms with E-state index in [0.717, 1.165) is 16.8 Å². The van der Waals surface area contributed by atoms with Crippen LogP contribution < -0.4 is 5.32 Å². The number of carbonyl (C=O) groups is 1. The van der Waals surface area contributed by atoms with Gasteiger partial charge in [-0.25, -0.2) is 0 Å². The van der Waals surface area contributed by atoms with Crippen molar-refractivity contribution in [3.05, 3.63) is 62.7 Å². The lowest BCUT2D eigenvalue weighted by atomic mass is 10.1. The first-order valence-electron chi connectivity index (χ1n) is 8.53. The summed E-state index contributed by atoms with van der Waals surface area (Å²) in [5.74, 6) is -0.382. The number of nitro benzene ring substituents is 1. The minimum atomic E-state index is -0.583. The van der Waals surface area contributed by atoms with E-state index in [1.165, 1.54) is 30.0 Å². The first kappa shape index (κ1) is 20.7. The molecule has 29 heavy (non-hydrogen) atoms. The maximum Gasteiger partial charge on any atom is 0.271 e. The Bertz CT molecular complexity index is 1090. The number of non-ortho nitro benzene ring substituents is 1. The van der Waals surface area contributed by atoms with Crippen molar-refractivity contribution in [1.82, 2.24) is 20.2 Å². The summed E-state index contributed by atoms with van der Waals surface area (Å²) in [6.07, 6.45) is 0. The Kier molecular flexibility index (Phi) is 6.14. The van der Waals surface area contributed by atoms with Crippen molar-refractivity contribution >= 4 is 40.6 Å². The maximum atomic E-state index is 12.6. The highest BCUT2D eigenvalue weighted by Crippen LogP contribution is 2.29. The van der Waals surface area contributed by atoms with E-state index in [-0.39, 0.29) is 22.3 Å². The molecule has 0 saturated carbocycles. The highest BCUT2D eigenvalue weighted by atomic mass is 35.5. The predicted octanol–water partition coefficient (Wildman–Crippen LogP) is 3.96. The van der Waals surface area contributed by atoms with Gasteiger partial charge in [0.05, 0.1) is 26.6 Å². The number of rotatable bonds is 6. The van der Waals surface area contributed by atoms with Crippen molar-refractivity contribution in [2.24, 2.45) is 0 Å². The third-order valence-electron chi connectivity index (χ3n) is 4.09. The van der Waals surface area contributed by atoms with Gasteiger partial charge >= 0.3 is 0 Å². The molecular formula is C18H17ClN6O3S. The highest BCUT2D eigenvalue weighted by molar-refractivity contribution is 8.00. The molecule has 0 aliphatic heterocycles. The number of hydrogen-bond acceptors (Lipinski definition) is 7. The predicted molar refractivity (Wildman–Crippen MR) is 111 cm³/mol. The van der Waals surface area contributed by atoms with E-state index in [1.807, 2.05) is 32.0 Å². The summed E-state index contributed by atoms with van der Waals surface area (Å²) in [6, 6.07) is 9.75. The van der Waals surface area contributed by atoms with E-state index in [1.54, 1.807) is 11.6 Å². The number of tetrazole rings is 1. The molecule has 2 aromatic carbocycles. The summed E-state index contributed by atoms with van der Waals surface area (Å²) in [6.45, 7) is 5.64. The van der Waals surface area contributed by atoms with Crippen LogP contribution in [0.5, 0.6) is 0 Å². The first-order valence-corrected chi connectivity index (χ1v) is 9.79. The monoisotopic (exact) mass is 432 g/mol. The Morgan fingerprint density at radius 3 is 2.72 bits per heavy atom. The van der Waals surface area contributed by atoms with Gasteiger partial charge in [-0.1, -0.05) is 41.1 Å². The SMILES string of the molecule is Cc1ccc(-n2nnnc2SC(C)C(=O)Nc2cc([N+](=O)[O-])ccc2Cl)c(C)c1. The van der Waals surface area contributed by atoms with Crippen LogP contribution in [-0.4, -0.2) is 36.3 Å². The largest absolute Gasteiger partial charge is 0.324 e. The summed E-state index contributed by atoms with van der Waals surface area (Å²) < 4.78 is 1.57. The van der Waals surface area contributed by atoms with Gasteiger partial charge in [0.15, 0.2) is 0 Å². The Morgan fingerprint density at radius 1 is 1.28 bits per heavy atom. The number of hydrogen-bond donors (Lipinski definition) is 1. The molecule has 1 unspecified atom stereocenters. The summed E-state index contributed by atoms with van der Waals surface area (Å²) in [4.78, 5) is 23.0. The lowest BCUT2D eigenvalue weighted by Crippen LogP contribution is -2.23. The van der Waals surface area contributed by atoms with Crippen LogP contribution in [0.1, 0.15) is 18.1 Å². The van der Waals surface area contributed by atoms with Gasteiger partial charge in [-0.2, -0.15) is 4.68 Å². The third kappa shape index (κ3) is 4.72. The molecule has 0 saturated heterocycles. The van der Waals surface area contributed by atoms with E-state index in [4.69, 9.17) is 11.6 Å². The molecule has 0 radical (unpaired) electrons. The van der Waals surface area contributed by atoms with Gasteiger partial charge in [-0.15, -0.1) is 5.10 Å². The minimum Gasteiger partial charge on any atom is -0.324 e. The molecule has 0 fully saturated rings. The molecule has 3 rings (SSSR count). The molecule has 0 aliphatic carbocycles. The van der Waals surface area contributed by atoms with Crippen LogP contribution in [0.3, 0.4) is 0 Å². The number of aryl methyl sites for hydroxylation is 2. The zero-order valence-electron chi connectivity index (χ0n) is 15.8. The van der Waals surface area contributed by atoms with Gasteiger partial charge in [-0.3, -0.25) is 14.9 Å². The van der Waals surface area contributed by atoms with E-state index in [2.05, 4.69) is 20.8 Å². The second kappa shape index (κ2) is 8.58. The summed E-state index contributed by atoms with van der Waals surface area (Å²) in [7, 11) is 0. The minimum absolute atomic E-state index is 0.163. The summed E-state index contributed by atoms with van der Waals surface area (Å²) in [5, 5.41) is 25.4. The smallest absolute Gasteiger partial charge is 0.271 e. The fourth-order valence-electron chi connectivity index (χ4n) is 2.62. The average molecular weight is 433 g/mol. The van der Waals surface area contributed by atoms with Gasteiger partial charge < -0.3 is 5.32 Å². The number of nitro groups is 1.